The van der Waals surface area contributed by atoms with Gasteiger partial charge in [-0.3, -0.25) is 4.90 Å². The van der Waals surface area contributed by atoms with Gasteiger partial charge in [-0.25, -0.2) is 0 Å². The Labute approximate surface area is 88.4 Å². The highest BCUT2D eigenvalue weighted by molar-refractivity contribution is 4.99. The van der Waals surface area contributed by atoms with Crippen molar-refractivity contribution in [3.8, 4) is 0 Å². The summed E-state index contributed by atoms with van der Waals surface area (Å²) in [6.45, 7) is 16.2. The van der Waals surface area contributed by atoms with Gasteiger partial charge < -0.3 is 5.32 Å². The molecule has 2 heteroatoms. The van der Waals surface area contributed by atoms with Crippen LogP contribution in [0.2, 0.25) is 0 Å². The van der Waals surface area contributed by atoms with Gasteiger partial charge in [0.05, 0.1) is 0 Å². The molecule has 0 bridgehead atoms. The Morgan fingerprint density at radius 1 is 1.57 bits per heavy atom. The zero-order valence-corrected chi connectivity index (χ0v) is 10.1. The molecule has 14 heavy (non-hydrogen) atoms. The lowest BCUT2D eigenvalue weighted by Crippen LogP contribution is -2.61. The summed E-state index contributed by atoms with van der Waals surface area (Å²) in [5.74, 6) is 0. The van der Waals surface area contributed by atoms with Crippen molar-refractivity contribution in [1.82, 2.24) is 10.2 Å². The van der Waals surface area contributed by atoms with Crippen molar-refractivity contribution in [2.45, 2.75) is 45.7 Å². The minimum absolute atomic E-state index is 0.251. The van der Waals surface area contributed by atoms with E-state index in [4.69, 9.17) is 0 Å². The molecule has 0 saturated carbocycles. The molecule has 2 nitrogen and oxygen atoms in total. The molecular weight excluding hydrogens is 172 g/mol. The molecule has 1 heterocycles. The van der Waals surface area contributed by atoms with Gasteiger partial charge >= 0.3 is 0 Å². The maximum absolute atomic E-state index is 4.00. The molecule has 82 valence electrons. The van der Waals surface area contributed by atoms with Gasteiger partial charge in [-0.1, -0.05) is 19.1 Å². The standard InChI is InChI=1S/C12H24N2/c1-6-11-7-13-12(4,5)9-14(11)8-10(2)3/h11,13H,2,6-9H2,1,3-5H3. The van der Waals surface area contributed by atoms with E-state index in [1.54, 1.807) is 0 Å². The molecule has 0 aromatic carbocycles. The van der Waals surface area contributed by atoms with Gasteiger partial charge in [-0.05, 0) is 27.2 Å². The fraction of sp³-hybridized carbons (Fsp3) is 0.833. The van der Waals surface area contributed by atoms with Gasteiger partial charge in [0.1, 0.15) is 0 Å². The molecular formula is C12H24N2. The lowest BCUT2D eigenvalue weighted by Gasteiger charge is -2.44. The molecule has 1 aliphatic heterocycles. The van der Waals surface area contributed by atoms with Crippen LogP contribution in [0.1, 0.15) is 34.1 Å². The zero-order chi connectivity index (χ0) is 10.8. The van der Waals surface area contributed by atoms with Crippen molar-refractivity contribution in [2.75, 3.05) is 19.6 Å². The van der Waals surface area contributed by atoms with Gasteiger partial charge in [-0.15, -0.1) is 0 Å². The molecule has 1 fully saturated rings. The van der Waals surface area contributed by atoms with E-state index >= 15 is 0 Å². The Morgan fingerprint density at radius 3 is 2.71 bits per heavy atom. The third kappa shape index (κ3) is 3.10. The van der Waals surface area contributed by atoms with Crippen LogP contribution in [0.4, 0.5) is 0 Å². The van der Waals surface area contributed by atoms with E-state index in [0.717, 1.165) is 19.6 Å². The lowest BCUT2D eigenvalue weighted by atomic mass is 9.97. The Balaban J connectivity index is 2.60. The average molecular weight is 196 g/mol. The van der Waals surface area contributed by atoms with Crippen LogP contribution in [-0.2, 0) is 0 Å². The predicted octanol–water partition coefficient (Wildman–Crippen LogP) is 2.02. The number of nitrogens with one attached hydrogen (secondary N) is 1. The Bertz CT molecular complexity index is 208. The first-order valence-electron chi connectivity index (χ1n) is 5.58. The average Bonchev–Trinajstić information content (AvgIpc) is 2.01. The largest absolute Gasteiger partial charge is 0.309 e. The summed E-state index contributed by atoms with van der Waals surface area (Å²) in [6, 6.07) is 0.680. The molecule has 1 aliphatic rings. The second-order valence-electron chi connectivity index (χ2n) is 5.19. The quantitative estimate of drug-likeness (QED) is 0.695. The van der Waals surface area contributed by atoms with Gasteiger partial charge in [0.25, 0.3) is 0 Å². The Hall–Kier alpha value is -0.340. The number of hydrogen-bond donors (Lipinski definition) is 1. The van der Waals surface area contributed by atoms with E-state index in [9.17, 15) is 0 Å². The molecule has 1 saturated heterocycles. The zero-order valence-electron chi connectivity index (χ0n) is 10.1. The van der Waals surface area contributed by atoms with Crippen LogP contribution in [0.25, 0.3) is 0 Å². The summed E-state index contributed by atoms with van der Waals surface area (Å²) in [4.78, 5) is 2.55. The summed E-state index contributed by atoms with van der Waals surface area (Å²) in [7, 11) is 0. The third-order valence-electron chi connectivity index (χ3n) is 2.88. The minimum atomic E-state index is 0.251. The maximum Gasteiger partial charge on any atom is 0.0253 e. The molecule has 1 unspecified atom stereocenters. The smallest absolute Gasteiger partial charge is 0.0253 e. The van der Waals surface area contributed by atoms with Crippen molar-refractivity contribution in [3.05, 3.63) is 12.2 Å². The predicted molar refractivity (Wildman–Crippen MR) is 62.5 cm³/mol. The molecule has 1 atom stereocenters. The number of nitrogens with zero attached hydrogens (tertiary/aromatic N) is 1. The first-order chi connectivity index (χ1) is 6.44. The molecule has 1 N–H and O–H groups in total. The molecule has 0 spiro atoms. The van der Waals surface area contributed by atoms with Crippen molar-refractivity contribution >= 4 is 0 Å². The number of rotatable bonds is 3. The highest BCUT2D eigenvalue weighted by Gasteiger charge is 2.30. The molecule has 1 rings (SSSR count). The normalized spacial score (nSPS) is 27.6. The van der Waals surface area contributed by atoms with Crippen LogP contribution in [0, 0.1) is 0 Å². The summed E-state index contributed by atoms with van der Waals surface area (Å²) in [5.41, 5.74) is 1.52. The Morgan fingerprint density at radius 2 is 2.21 bits per heavy atom. The topological polar surface area (TPSA) is 15.3 Å². The summed E-state index contributed by atoms with van der Waals surface area (Å²) >= 11 is 0. The minimum Gasteiger partial charge on any atom is -0.309 e. The van der Waals surface area contributed by atoms with Crippen molar-refractivity contribution in [1.29, 1.82) is 0 Å². The maximum atomic E-state index is 4.00. The summed E-state index contributed by atoms with van der Waals surface area (Å²) in [5, 5.41) is 3.59. The summed E-state index contributed by atoms with van der Waals surface area (Å²) in [6.07, 6.45) is 1.22. The first-order valence-corrected chi connectivity index (χ1v) is 5.58. The van der Waals surface area contributed by atoms with Crippen LogP contribution in [0.3, 0.4) is 0 Å². The van der Waals surface area contributed by atoms with Gasteiger partial charge in [-0.2, -0.15) is 0 Å². The van der Waals surface area contributed by atoms with E-state index < -0.39 is 0 Å². The molecule has 0 aromatic rings. The van der Waals surface area contributed by atoms with Crippen molar-refractivity contribution < 1.29 is 0 Å². The second kappa shape index (κ2) is 4.45. The monoisotopic (exact) mass is 196 g/mol. The van der Waals surface area contributed by atoms with Crippen molar-refractivity contribution in [2.24, 2.45) is 0 Å². The highest BCUT2D eigenvalue weighted by atomic mass is 15.2. The molecule has 0 aliphatic carbocycles. The Kier molecular flexibility index (Phi) is 3.73. The molecule has 0 aromatic heterocycles. The van der Waals surface area contributed by atoms with Crippen LogP contribution in [0.5, 0.6) is 0 Å². The van der Waals surface area contributed by atoms with E-state index in [0.29, 0.717) is 6.04 Å². The van der Waals surface area contributed by atoms with Gasteiger partial charge in [0.15, 0.2) is 0 Å². The van der Waals surface area contributed by atoms with Crippen LogP contribution < -0.4 is 5.32 Å². The summed E-state index contributed by atoms with van der Waals surface area (Å²) < 4.78 is 0. The molecule has 0 amide bonds. The van der Waals surface area contributed by atoms with Crippen molar-refractivity contribution in [3.63, 3.8) is 0 Å². The highest BCUT2D eigenvalue weighted by Crippen LogP contribution is 2.17. The second-order valence-corrected chi connectivity index (χ2v) is 5.19. The fourth-order valence-corrected chi connectivity index (χ4v) is 2.15. The third-order valence-corrected chi connectivity index (χ3v) is 2.88. The lowest BCUT2D eigenvalue weighted by molar-refractivity contribution is 0.102. The van der Waals surface area contributed by atoms with Crippen LogP contribution in [-0.4, -0.2) is 36.1 Å². The number of piperazine rings is 1. The van der Waals surface area contributed by atoms with Crippen LogP contribution in [0.15, 0.2) is 12.2 Å². The van der Waals surface area contributed by atoms with Gasteiger partial charge in [0.2, 0.25) is 0 Å². The van der Waals surface area contributed by atoms with E-state index in [2.05, 4.69) is 44.5 Å². The SMILES string of the molecule is C=C(C)CN1CC(C)(C)NCC1CC. The first kappa shape index (κ1) is 11.7. The van der Waals surface area contributed by atoms with E-state index in [1.165, 1.54) is 12.0 Å². The fourth-order valence-electron chi connectivity index (χ4n) is 2.15. The number of hydrogen-bond acceptors (Lipinski definition) is 2. The van der Waals surface area contributed by atoms with Gasteiger partial charge in [0, 0.05) is 31.2 Å². The van der Waals surface area contributed by atoms with Crippen LogP contribution >= 0.6 is 0 Å². The van der Waals surface area contributed by atoms with E-state index in [-0.39, 0.29) is 5.54 Å². The van der Waals surface area contributed by atoms with E-state index in [1.807, 2.05) is 0 Å². The molecule has 0 radical (unpaired) electrons.